The first kappa shape index (κ1) is 8.71. The second-order valence-electron chi connectivity index (χ2n) is 2.93. The van der Waals surface area contributed by atoms with Crippen LogP contribution in [0.15, 0.2) is 12.4 Å². The summed E-state index contributed by atoms with van der Waals surface area (Å²) in [5.74, 6) is 0.154. The zero-order chi connectivity index (χ0) is 9.14. The normalized spacial score (nSPS) is 10.2. The minimum atomic E-state index is -0.0452. The SMILES string of the molecule is CC(C)c1cncc(O)c1C=O. The topological polar surface area (TPSA) is 50.2 Å². The van der Waals surface area contributed by atoms with Crippen LogP contribution in [0.1, 0.15) is 35.7 Å². The van der Waals surface area contributed by atoms with Gasteiger partial charge in [-0.05, 0) is 11.5 Å². The van der Waals surface area contributed by atoms with E-state index >= 15 is 0 Å². The molecule has 0 saturated heterocycles. The van der Waals surface area contributed by atoms with Gasteiger partial charge in [0, 0.05) is 6.20 Å². The molecule has 12 heavy (non-hydrogen) atoms. The molecule has 0 bridgehead atoms. The fourth-order valence-corrected chi connectivity index (χ4v) is 1.06. The van der Waals surface area contributed by atoms with Crippen LogP contribution >= 0.6 is 0 Å². The lowest BCUT2D eigenvalue weighted by molar-refractivity contribution is 0.111. The van der Waals surface area contributed by atoms with Gasteiger partial charge in [-0.1, -0.05) is 13.8 Å². The number of rotatable bonds is 2. The summed E-state index contributed by atoms with van der Waals surface area (Å²) in [5.41, 5.74) is 1.13. The van der Waals surface area contributed by atoms with Gasteiger partial charge in [-0.25, -0.2) is 0 Å². The van der Waals surface area contributed by atoms with Gasteiger partial charge < -0.3 is 5.11 Å². The van der Waals surface area contributed by atoms with Crippen molar-refractivity contribution in [2.24, 2.45) is 0 Å². The predicted octanol–water partition coefficient (Wildman–Crippen LogP) is 1.72. The Morgan fingerprint density at radius 2 is 2.17 bits per heavy atom. The van der Waals surface area contributed by atoms with Gasteiger partial charge in [-0.3, -0.25) is 9.78 Å². The number of nitrogens with zero attached hydrogens (tertiary/aromatic N) is 1. The molecule has 0 aliphatic carbocycles. The number of pyridine rings is 1. The van der Waals surface area contributed by atoms with Crippen LogP contribution in [0.2, 0.25) is 0 Å². The molecule has 3 nitrogen and oxygen atoms in total. The maximum atomic E-state index is 10.6. The first-order valence-corrected chi connectivity index (χ1v) is 3.79. The Morgan fingerprint density at radius 1 is 1.50 bits per heavy atom. The van der Waals surface area contributed by atoms with Crippen LogP contribution in [0.4, 0.5) is 0 Å². The third kappa shape index (κ3) is 1.44. The van der Waals surface area contributed by atoms with Gasteiger partial charge in [0.2, 0.25) is 0 Å². The van der Waals surface area contributed by atoms with Gasteiger partial charge in [0.25, 0.3) is 0 Å². The molecular weight excluding hydrogens is 154 g/mol. The second kappa shape index (κ2) is 3.34. The Hall–Kier alpha value is -1.38. The molecule has 1 rings (SSSR count). The van der Waals surface area contributed by atoms with Crippen molar-refractivity contribution in [2.45, 2.75) is 19.8 Å². The van der Waals surface area contributed by atoms with Crippen LogP contribution in [0.3, 0.4) is 0 Å². The molecule has 0 aliphatic heterocycles. The summed E-state index contributed by atoms with van der Waals surface area (Å²) in [7, 11) is 0. The van der Waals surface area contributed by atoms with Gasteiger partial charge in [0.05, 0.1) is 11.8 Å². The summed E-state index contributed by atoms with van der Waals surface area (Å²) in [6.07, 6.45) is 3.54. The van der Waals surface area contributed by atoms with E-state index in [4.69, 9.17) is 0 Å². The van der Waals surface area contributed by atoms with Crippen LogP contribution in [-0.4, -0.2) is 16.4 Å². The summed E-state index contributed by atoms with van der Waals surface area (Å²) < 4.78 is 0. The van der Waals surface area contributed by atoms with E-state index in [0.717, 1.165) is 5.56 Å². The third-order valence-electron chi connectivity index (χ3n) is 1.74. The Labute approximate surface area is 71.1 Å². The summed E-state index contributed by atoms with van der Waals surface area (Å²) in [6, 6.07) is 0. The fraction of sp³-hybridized carbons (Fsp3) is 0.333. The van der Waals surface area contributed by atoms with Crippen molar-refractivity contribution < 1.29 is 9.90 Å². The highest BCUT2D eigenvalue weighted by atomic mass is 16.3. The highest BCUT2D eigenvalue weighted by molar-refractivity contribution is 5.81. The van der Waals surface area contributed by atoms with Gasteiger partial charge in [-0.2, -0.15) is 0 Å². The molecule has 0 fully saturated rings. The maximum Gasteiger partial charge on any atom is 0.154 e. The molecule has 1 heterocycles. The quantitative estimate of drug-likeness (QED) is 0.679. The Balaban J connectivity index is 3.27. The number of aromatic hydroxyl groups is 1. The second-order valence-corrected chi connectivity index (χ2v) is 2.93. The van der Waals surface area contributed by atoms with Gasteiger partial charge in [0.1, 0.15) is 5.75 Å². The lowest BCUT2D eigenvalue weighted by Crippen LogP contribution is -1.96. The van der Waals surface area contributed by atoms with E-state index in [1.54, 1.807) is 6.20 Å². The molecule has 0 atom stereocenters. The van der Waals surface area contributed by atoms with E-state index in [9.17, 15) is 9.90 Å². The highest BCUT2D eigenvalue weighted by Crippen LogP contribution is 2.23. The third-order valence-corrected chi connectivity index (χ3v) is 1.74. The summed E-state index contributed by atoms with van der Waals surface area (Å²) >= 11 is 0. The average molecular weight is 165 g/mol. The number of hydrogen-bond donors (Lipinski definition) is 1. The van der Waals surface area contributed by atoms with E-state index in [2.05, 4.69) is 4.98 Å². The zero-order valence-corrected chi connectivity index (χ0v) is 7.11. The summed E-state index contributed by atoms with van der Waals surface area (Å²) in [4.78, 5) is 14.4. The number of aldehydes is 1. The first-order valence-electron chi connectivity index (χ1n) is 3.79. The average Bonchev–Trinajstić information content (AvgIpc) is 2.03. The van der Waals surface area contributed by atoms with Crippen molar-refractivity contribution >= 4 is 6.29 Å². The summed E-state index contributed by atoms with van der Waals surface area (Å²) in [5, 5.41) is 9.25. The minimum Gasteiger partial charge on any atom is -0.506 e. The minimum absolute atomic E-state index is 0.0452. The zero-order valence-electron chi connectivity index (χ0n) is 7.11. The predicted molar refractivity (Wildman–Crippen MR) is 45.4 cm³/mol. The van der Waals surface area contributed by atoms with Crippen molar-refractivity contribution in [2.75, 3.05) is 0 Å². The van der Waals surface area contributed by atoms with Crippen LogP contribution in [0.25, 0.3) is 0 Å². The molecule has 1 aromatic rings. The molecule has 0 spiro atoms. The molecule has 1 aromatic heterocycles. The van der Waals surface area contributed by atoms with Crippen LogP contribution in [0.5, 0.6) is 5.75 Å². The van der Waals surface area contributed by atoms with Crippen LogP contribution in [-0.2, 0) is 0 Å². The largest absolute Gasteiger partial charge is 0.506 e. The highest BCUT2D eigenvalue weighted by Gasteiger charge is 2.09. The number of carbonyl (C=O) groups is 1. The molecule has 0 amide bonds. The van der Waals surface area contributed by atoms with Crippen molar-refractivity contribution in [1.29, 1.82) is 0 Å². The van der Waals surface area contributed by atoms with E-state index in [1.165, 1.54) is 6.20 Å². The summed E-state index contributed by atoms with van der Waals surface area (Å²) in [6.45, 7) is 3.90. The molecular formula is C9H11NO2. The van der Waals surface area contributed by atoms with Crippen molar-refractivity contribution in [3.05, 3.63) is 23.5 Å². The maximum absolute atomic E-state index is 10.6. The smallest absolute Gasteiger partial charge is 0.154 e. The van der Waals surface area contributed by atoms with Crippen molar-refractivity contribution in [3.63, 3.8) is 0 Å². The number of hydrogen-bond acceptors (Lipinski definition) is 3. The molecule has 0 aliphatic rings. The Kier molecular flexibility index (Phi) is 2.43. The van der Waals surface area contributed by atoms with E-state index in [0.29, 0.717) is 11.8 Å². The molecule has 0 unspecified atom stereocenters. The Morgan fingerprint density at radius 3 is 2.58 bits per heavy atom. The molecule has 0 radical (unpaired) electrons. The van der Waals surface area contributed by atoms with E-state index in [1.807, 2.05) is 13.8 Å². The van der Waals surface area contributed by atoms with E-state index < -0.39 is 0 Å². The van der Waals surface area contributed by atoms with Crippen LogP contribution < -0.4 is 0 Å². The fourth-order valence-electron chi connectivity index (χ4n) is 1.06. The van der Waals surface area contributed by atoms with E-state index in [-0.39, 0.29) is 11.7 Å². The first-order chi connectivity index (χ1) is 5.66. The lowest BCUT2D eigenvalue weighted by atomic mass is 10.00. The molecule has 3 heteroatoms. The van der Waals surface area contributed by atoms with Gasteiger partial charge >= 0.3 is 0 Å². The number of carbonyl (C=O) groups excluding carboxylic acids is 1. The molecule has 1 N–H and O–H groups in total. The molecule has 0 saturated carbocycles. The van der Waals surface area contributed by atoms with Crippen molar-refractivity contribution in [1.82, 2.24) is 4.98 Å². The van der Waals surface area contributed by atoms with Crippen molar-refractivity contribution in [3.8, 4) is 5.75 Å². The van der Waals surface area contributed by atoms with Gasteiger partial charge in [-0.15, -0.1) is 0 Å². The molecule has 0 aromatic carbocycles. The standard InChI is InChI=1S/C9H11NO2/c1-6(2)7-3-10-4-9(12)8(7)5-11/h3-6,12H,1-2H3. The monoisotopic (exact) mass is 165 g/mol. The number of aromatic nitrogens is 1. The molecule has 64 valence electrons. The van der Waals surface area contributed by atoms with Crippen LogP contribution in [0, 0.1) is 0 Å². The Bertz CT molecular complexity index is 295. The lowest BCUT2D eigenvalue weighted by Gasteiger charge is -2.07. The van der Waals surface area contributed by atoms with Gasteiger partial charge in [0.15, 0.2) is 6.29 Å².